The summed E-state index contributed by atoms with van der Waals surface area (Å²) in [6.45, 7) is 11.0. The van der Waals surface area contributed by atoms with E-state index in [0.717, 1.165) is 37.6 Å². The zero-order valence-electron chi connectivity index (χ0n) is 17.3. The maximum atomic E-state index is 12.5. The fourth-order valence-electron chi connectivity index (χ4n) is 3.46. The van der Waals surface area contributed by atoms with Crippen LogP contribution in [0.5, 0.6) is 0 Å². The number of carbonyl (C=O) groups is 1. The standard InChI is InChI=1S/C21H28N6O2/c1-21(2,3)16-6-4-15(5-7-16)13-22-19-24-20-23-17(12-18(28)27(20)25-19)14-26-8-10-29-11-9-26/h4-7H,8-14H2,1-3H3,(H,22,25). The van der Waals surface area contributed by atoms with Gasteiger partial charge in [-0.1, -0.05) is 45.0 Å². The minimum Gasteiger partial charge on any atom is -0.379 e. The van der Waals surface area contributed by atoms with Crippen molar-refractivity contribution in [2.75, 3.05) is 38.2 Å². The molecule has 2 aromatic rings. The van der Waals surface area contributed by atoms with Crippen LogP contribution < -0.4 is 5.32 Å². The zero-order valence-corrected chi connectivity index (χ0v) is 17.3. The molecule has 0 saturated carbocycles. The Bertz CT molecular complexity index is 904. The molecule has 2 aliphatic heterocycles. The third-order valence-electron chi connectivity index (χ3n) is 5.22. The van der Waals surface area contributed by atoms with Crippen LogP contribution in [0, 0.1) is 0 Å². The maximum Gasteiger partial charge on any atom is 0.257 e. The van der Waals surface area contributed by atoms with Gasteiger partial charge < -0.3 is 10.1 Å². The summed E-state index contributed by atoms with van der Waals surface area (Å²) in [4.78, 5) is 23.7. The van der Waals surface area contributed by atoms with Gasteiger partial charge in [-0.25, -0.2) is 4.99 Å². The van der Waals surface area contributed by atoms with E-state index in [1.165, 1.54) is 10.2 Å². The number of nitrogens with one attached hydrogen (secondary N) is 1. The van der Waals surface area contributed by atoms with Gasteiger partial charge in [-0.2, -0.15) is 9.67 Å². The lowest BCUT2D eigenvalue weighted by Gasteiger charge is -2.27. The second-order valence-corrected chi connectivity index (χ2v) is 8.58. The lowest BCUT2D eigenvalue weighted by Crippen LogP contribution is -2.40. The fourth-order valence-corrected chi connectivity index (χ4v) is 3.46. The Morgan fingerprint density at radius 3 is 2.55 bits per heavy atom. The molecule has 1 aromatic carbocycles. The second kappa shape index (κ2) is 8.04. The molecule has 0 aliphatic carbocycles. The van der Waals surface area contributed by atoms with E-state index in [2.05, 4.69) is 70.3 Å². The van der Waals surface area contributed by atoms with Crippen LogP contribution in [-0.2, 0) is 16.7 Å². The van der Waals surface area contributed by atoms with E-state index in [-0.39, 0.29) is 17.7 Å². The topological polar surface area (TPSA) is 84.6 Å². The summed E-state index contributed by atoms with van der Waals surface area (Å²) in [5, 5.41) is 7.49. The van der Waals surface area contributed by atoms with E-state index in [0.29, 0.717) is 25.0 Å². The SMILES string of the molecule is CC(C)(C)c1ccc(CNc2nc3n(n2)C(=O)CC(CN2CCOCC2)=N3)cc1. The monoisotopic (exact) mass is 396 g/mol. The van der Waals surface area contributed by atoms with Crippen molar-refractivity contribution in [1.82, 2.24) is 19.7 Å². The Labute approximate surface area is 171 Å². The highest BCUT2D eigenvalue weighted by Gasteiger charge is 2.25. The molecule has 8 heteroatoms. The maximum absolute atomic E-state index is 12.5. The van der Waals surface area contributed by atoms with Crippen LogP contribution in [0.2, 0.25) is 0 Å². The predicted octanol–water partition coefficient (Wildman–Crippen LogP) is 2.64. The number of morpholine rings is 1. The van der Waals surface area contributed by atoms with Crippen molar-refractivity contribution in [2.45, 2.75) is 39.2 Å². The normalized spacial score (nSPS) is 17.8. The van der Waals surface area contributed by atoms with E-state index < -0.39 is 0 Å². The average Bonchev–Trinajstić information content (AvgIpc) is 3.10. The molecule has 29 heavy (non-hydrogen) atoms. The van der Waals surface area contributed by atoms with Crippen molar-refractivity contribution in [3.05, 3.63) is 35.4 Å². The Hall–Kier alpha value is -2.58. The second-order valence-electron chi connectivity index (χ2n) is 8.58. The van der Waals surface area contributed by atoms with Gasteiger partial charge in [0.2, 0.25) is 5.95 Å². The third-order valence-corrected chi connectivity index (χ3v) is 5.22. The molecular formula is C21H28N6O2. The molecular weight excluding hydrogens is 368 g/mol. The van der Waals surface area contributed by atoms with Crippen molar-refractivity contribution < 1.29 is 9.53 Å². The number of ether oxygens (including phenoxy) is 1. The van der Waals surface area contributed by atoms with Crippen molar-refractivity contribution in [3.8, 4) is 0 Å². The highest BCUT2D eigenvalue weighted by Crippen LogP contribution is 2.23. The number of benzene rings is 1. The number of rotatable bonds is 5. The van der Waals surface area contributed by atoms with E-state index in [9.17, 15) is 4.79 Å². The molecule has 1 fully saturated rings. The van der Waals surface area contributed by atoms with Crippen LogP contribution in [0.25, 0.3) is 0 Å². The predicted molar refractivity (Wildman–Crippen MR) is 112 cm³/mol. The highest BCUT2D eigenvalue weighted by molar-refractivity contribution is 6.06. The van der Waals surface area contributed by atoms with Gasteiger partial charge in [0.25, 0.3) is 11.9 Å². The molecule has 4 rings (SSSR count). The molecule has 2 aliphatic rings. The largest absolute Gasteiger partial charge is 0.379 e. The molecule has 1 saturated heterocycles. The van der Waals surface area contributed by atoms with Gasteiger partial charge >= 0.3 is 0 Å². The Morgan fingerprint density at radius 1 is 1.14 bits per heavy atom. The van der Waals surface area contributed by atoms with Gasteiger partial charge in [0.05, 0.1) is 19.6 Å². The van der Waals surface area contributed by atoms with Crippen molar-refractivity contribution in [1.29, 1.82) is 0 Å². The number of anilines is 1. The van der Waals surface area contributed by atoms with Crippen LogP contribution in [-0.4, -0.2) is 64.1 Å². The summed E-state index contributed by atoms with van der Waals surface area (Å²) in [6.07, 6.45) is 0.279. The fraction of sp³-hybridized carbons (Fsp3) is 0.524. The summed E-state index contributed by atoms with van der Waals surface area (Å²) in [7, 11) is 0. The molecule has 3 heterocycles. The van der Waals surface area contributed by atoms with E-state index >= 15 is 0 Å². The molecule has 0 spiro atoms. The van der Waals surface area contributed by atoms with E-state index in [4.69, 9.17) is 4.74 Å². The quantitative estimate of drug-likeness (QED) is 0.836. The van der Waals surface area contributed by atoms with E-state index in [1.54, 1.807) is 0 Å². The average molecular weight is 396 g/mol. The molecule has 0 radical (unpaired) electrons. The first-order chi connectivity index (χ1) is 13.9. The lowest BCUT2D eigenvalue weighted by molar-refractivity contribution is 0.0450. The van der Waals surface area contributed by atoms with Gasteiger partial charge in [-0.05, 0) is 16.5 Å². The van der Waals surface area contributed by atoms with Crippen LogP contribution in [0.15, 0.2) is 29.3 Å². The van der Waals surface area contributed by atoms with Crippen LogP contribution in [0.3, 0.4) is 0 Å². The molecule has 0 amide bonds. The Morgan fingerprint density at radius 2 is 1.86 bits per heavy atom. The van der Waals surface area contributed by atoms with Gasteiger partial charge in [0.15, 0.2) is 0 Å². The highest BCUT2D eigenvalue weighted by atomic mass is 16.5. The van der Waals surface area contributed by atoms with Crippen LogP contribution >= 0.6 is 0 Å². The first-order valence-corrected chi connectivity index (χ1v) is 10.1. The van der Waals surface area contributed by atoms with Crippen molar-refractivity contribution >= 4 is 23.5 Å². The van der Waals surface area contributed by atoms with Gasteiger partial charge in [-0.15, -0.1) is 5.10 Å². The number of nitrogens with zero attached hydrogens (tertiary/aromatic N) is 5. The first kappa shape index (κ1) is 19.7. The number of fused-ring (bicyclic) bond motifs is 1. The first-order valence-electron chi connectivity index (χ1n) is 10.1. The number of carbonyl (C=O) groups excluding carboxylic acids is 1. The number of aliphatic imine (C=N–C) groups is 1. The summed E-state index contributed by atoms with van der Waals surface area (Å²) < 4.78 is 6.67. The summed E-state index contributed by atoms with van der Waals surface area (Å²) in [5.41, 5.74) is 3.40. The summed E-state index contributed by atoms with van der Waals surface area (Å²) in [5.74, 6) is 0.688. The third kappa shape index (κ3) is 4.71. The number of hydrogen-bond acceptors (Lipinski definition) is 7. The smallest absolute Gasteiger partial charge is 0.257 e. The van der Waals surface area contributed by atoms with Crippen LogP contribution in [0.4, 0.5) is 11.9 Å². The molecule has 8 nitrogen and oxygen atoms in total. The Kier molecular flexibility index (Phi) is 5.47. The minimum absolute atomic E-state index is 0.0895. The zero-order chi connectivity index (χ0) is 20.4. The molecule has 154 valence electrons. The van der Waals surface area contributed by atoms with Crippen molar-refractivity contribution in [3.63, 3.8) is 0 Å². The van der Waals surface area contributed by atoms with Crippen LogP contribution in [0.1, 0.15) is 43.1 Å². The minimum atomic E-state index is -0.0895. The Balaban J connectivity index is 1.41. The number of hydrogen-bond donors (Lipinski definition) is 1. The summed E-state index contributed by atoms with van der Waals surface area (Å²) in [6, 6.07) is 8.50. The molecule has 0 unspecified atom stereocenters. The van der Waals surface area contributed by atoms with Gasteiger partial charge in [0, 0.05) is 31.9 Å². The van der Waals surface area contributed by atoms with Gasteiger partial charge in [-0.3, -0.25) is 9.69 Å². The lowest BCUT2D eigenvalue weighted by atomic mass is 9.87. The summed E-state index contributed by atoms with van der Waals surface area (Å²) >= 11 is 0. The van der Waals surface area contributed by atoms with E-state index in [1.807, 2.05) is 0 Å². The van der Waals surface area contributed by atoms with Crippen molar-refractivity contribution in [2.24, 2.45) is 4.99 Å². The molecule has 0 atom stereocenters. The van der Waals surface area contributed by atoms with Gasteiger partial charge in [0.1, 0.15) is 0 Å². The molecule has 0 bridgehead atoms. The molecule has 1 aromatic heterocycles. The molecule has 1 N–H and O–H groups in total. The number of aromatic nitrogens is 3.